The van der Waals surface area contributed by atoms with Crippen LogP contribution in [0.4, 0.5) is 13.2 Å². The molecular weight excluding hydrogens is 475 g/mol. The Morgan fingerprint density at radius 2 is 1.83 bits per heavy atom. The van der Waals surface area contributed by atoms with E-state index >= 15 is 0 Å². The molecule has 1 atom stereocenters. The van der Waals surface area contributed by atoms with Crippen molar-refractivity contribution in [1.82, 2.24) is 25.8 Å². The maximum absolute atomic E-state index is 13.6. The predicted octanol–water partition coefficient (Wildman–Crippen LogP) is 5.11. The molecule has 3 aromatic rings. The maximum Gasteiger partial charge on any atom is 0.411 e. The second-order valence-electron chi connectivity index (χ2n) is 9.19. The molecule has 3 N–H and O–H groups in total. The van der Waals surface area contributed by atoms with Gasteiger partial charge in [0.2, 0.25) is 11.7 Å². The van der Waals surface area contributed by atoms with Crippen LogP contribution < -0.4 is 10.6 Å². The molecule has 1 aromatic carbocycles. The van der Waals surface area contributed by atoms with E-state index in [0.29, 0.717) is 29.7 Å². The fourth-order valence-corrected chi connectivity index (χ4v) is 4.03. The van der Waals surface area contributed by atoms with E-state index in [1.807, 2.05) is 13.8 Å². The number of carbonyl (C=O) groups excluding carboxylic acids is 2. The predicted molar refractivity (Wildman–Crippen MR) is 126 cm³/mol. The molecule has 192 valence electrons. The number of hydrogen-bond acceptors (Lipinski definition) is 5. The Morgan fingerprint density at radius 3 is 2.47 bits per heavy atom. The zero-order valence-electron chi connectivity index (χ0n) is 20.2. The summed E-state index contributed by atoms with van der Waals surface area (Å²) in [6.45, 7) is 4.98. The van der Waals surface area contributed by atoms with Gasteiger partial charge in [-0.25, -0.2) is 4.98 Å². The van der Waals surface area contributed by atoms with Crippen LogP contribution in [0.1, 0.15) is 67.5 Å². The normalized spacial score (nSPS) is 15.5. The Labute approximate surface area is 206 Å². The van der Waals surface area contributed by atoms with Gasteiger partial charge in [-0.1, -0.05) is 26.0 Å². The molecule has 1 saturated carbocycles. The second-order valence-corrected chi connectivity index (χ2v) is 9.19. The van der Waals surface area contributed by atoms with E-state index in [1.165, 1.54) is 12.3 Å². The summed E-state index contributed by atoms with van der Waals surface area (Å²) in [5, 5.41) is 11.7. The van der Waals surface area contributed by atoms with Crippen molar-refractivity contribution >= 4 is 11.8 Å². The number of amides is 2. The highest BCUT2D eigenvalue weighted by atomic mass is 19.4. The summed E-state index contributed by atoms with van der Waals surface area (Å²) in [5.41, 5.74) is -0.854. The molecule has 1 aliphatic carbocycles. The molecule has 2 amide bonds. The van der Waals surface area contributed by atoms with Crippen molar-refractivity contribution in [1.29, 1.82) is 0 Å². The summed E-state index contributed by atoms with van der Waals surface area (Å²) >= 11 is 0. The first kappa shape index (κ1) is 25.5. The number of carbonyl (C=O) groups is 2. The van der Waals surface area contributed by atoms with Crippen LogP contribution in [-0.4, -0.2) is 44.8 Å². The van der Waals surface area contributed by atoms with Crippen molar-refractivity contribution in [3.8, 4) is 22.7 Å². The molecule has 1 unspecified atom stereocenters. The molecule has 1 aliphatic rings. The molecule has 0 spiro atoms. The van der Waals surface area contributed by atoms with Crippen LogP contribution in [0.25, 0.3) is 22.7 Å². The topological polar surface area (TPSA) is 113 Å². The molecule has 4 rings (SSSR count). The van der Waals surface area contributed by atoms with Crippen LogP contribution in [0, 0.1) is 5.92 Å². The molecule has 0 saturated heterocycles. The van der Waals surface area contributed by atoms with Gasteiger partial charge in [0, 0.05) is 17.2 Å². The standard InChI is InChI=1S/C25H28F3N5O3/c1-4-17(5-2)30-22(35)20-13-29-23(36-20)15-8-6-7-14(11-15)18-12-19(33-32-18)21(34)31-24(3,16-9-10-16)25(26,27)28/h6-8,11-13,16-17H,4-5,9-10H2,1-3H3,(H,30,35)(H,31,34)(H,32,33). The van der Waals surface area contributed by atoms with Gasteiger partial charge in [0.25, 0.3) is 11.8 Å². The fourth-order valence-electron chi connectivity index (χ4n) is 4.03. The summed E-state index contributed by atoms with van der Waals surface area (Å²) in [6, 6.07) is 8.33. The van der Waals surface area contributed by atoms with Crippen LogP contribution >= 0.6 is 0 Å². The number of oxazole rings is 1. The molecule has 36 heavy (non-hydrogen) atoms. The zero-order valence-corrected chi connectivity index (χ0v) is 20.2. The molecule has 2 heterocycles. The highest BCUT2D eigenvalue weighted by molar-refractivity contribution is 5.94. The third kappa shape index (κ3) is 5.14. The first-order chi connectivity index (χ1) is 17.1. The zero-order chi connectivity index (χ0) is 26.1. The summed E-state index contributed by atoms with van der Waals surface area (Å²) < 4.78 is 46.5. The van der Waals surface area contributed by atoms with E-state index in [0.717, 1.165) is 19.8 Å². The number of hydrogen-bond donors (Lipinski definition) is 3. The molecule has 0 bridgehead atoms. The fraction of sp³-hybridized carbons (Fsp3) is 0.440. The van der Waals surface area contributed by atoms with Gasteiger partial charge in [-0.05, 0) is 56.7 Å². The van der Waals surface area contributed by atoms with Crippen molar-refractivity contribution in [3.05, 3.63) is 48.0 Å². The number of nitrogens with one attached hydrogen (secondary N) is 3. The van der Waals surface area contributed by atoms with Crippen molar-refractivity contribution < 1.29 is 27.2 Å². The molecule has 2 aromatic heterocycles. The minimum absolute atomic E-state index is 0.0405. The van der Waals surface area contributed by atoms with E-state index in [4.69, 9.17) is 4.42 Å². The third-order valence-electron chi connectivity index (χ3n) is 6.63. The number of aromatic amines is 1. The van der Waals surface area contributed by atoms with Gasteiger partial charge >= 0.3 is 6.18 Å². The minimum atomic E-state index is -4.57. The number of H-pyrrole nitrogens is 1. The van der Waals surface area contributed by atoms with Gasteiger partial charge in [0.15, 0.2) is 0 Å². The highest BCUT2D eigenvalue weighted by Gasteiger charge is 2.60. The third-order valence-corrected chi connectivity index (χ3v) is 6.63. The van der Waals surface area contributed by atoms with E-state index in [2.05, 4.69) is 25.8 Å². The Bertz CT molecular complexity index is 1240. The number of benzene rings is 1. The van der Waals surface area contributed by atoms with E-state index < -0.39 is 23.5 Å². The van der Waals surface area contributed by atoms with Gasteiger partial charge in [0.05, 0.1) is 11.9 Å². The SMILES string of the molecule is CCC(CC)NC(=O)c1cnc(-c2cccc(-c3cc(C(=O)NC(C)(C4CC4)C(F)(F)F)[nH]n3)c2)o1. The first-order valence-electron chi connectivity index (χ1n) is 11.9. The smallest absolute Gasteiger partial charge is 0.411 e. The Morgan fingerprint density at radius 1 is 1.14 bits per heavy atom. The number of rotatable bonds is 9. The summed E-state index contributed by atoms with van der Waals surface area (Å²) in [6.07, 6.45) is -0.788. The highest BCUT2D eigenvalue weighted by Crippen LogP contribution is 2.48. The van der Waals surface area contributed by atoms with Crippen molar-refractivity contribution in [2.45, 2.75) is 64.2 Å². The van der Waals surface area contributed by atoms with E-state index in [9.17, 15) is 22.8 Å². The summed E-state index contributed by atoms with van der Waals surface area (Å²) in [5.74, 6) is -1.55. The maximum atomic E-state index is 13.6. The molecule has 0 aliphatic heterocycles. The average Bonchev–Trinajstić information content (AvgIpc) is 3.38. The summed E-state index contributed by atoms with van der Waals surface area (Å²) in [7, 11) is 0. The lowest BCUT2D eigenvalue weighted by Crippen LogP contribution is -2.58. The van der Waals surface area contributed by atoms with Gasteiger partial charge < -0.3 is 15.1 Å². The Kier molecular flexibility index (Phi) is 6.92. The second kappa shape index (κ2) is 9.79. The number of alkyl halides is 3. The van der Waals surface area contributed by atoms with Gasteiger partial charge in [-0.3, -0.25) is 14.7 Å². The van der Waals surface area contributed by atoms with Gasteiger partial charge in [-0.15, -0.1) is 0 Å². The lowest BCUT2D eigenvalue weighted by Gasteiger charge is -2.33. The van der Waals surface area contributed by atoms with Crippen LogP contribution in [0.15, 0.2) is 40.9 Å². The van der Waals surface area contributed by atoms with Crippen molar-refractivity contribution in [2.24, 2.45) is 5.92 Å². The lowest BCUT2D eigenvalue weighted by atomic mass is 9.94. The van der Waals surface area contributed by atoms with E-state index in [1.54, 1.807) is 24.3 Å². The number of nitrogens with zero attached hydrogens (tertiary/aromatic N) is 2. The Balaban J connectivity index is 1.50. The number of aromatic nitrogens is 3. The monoisotopic (exact) mass is 503 g/mol. The molecule has 11 heteroatoms. The van der Waals surface area contributed by atoms with Crippen molar-refractivity contribution in [2.75, 3.05) is 0 Å². The Hall–Kier alpha value is -3.63. The van der Waals surface area contributed by atoms with Gasteiger partial charge in [-0.2, -0.15) is 18.3 Å². The minimum Gasteiger partial charge on any atom is -0.431 e. The van der Waals surface area contributed by atoms with Crippen LogP contribution in [0.5, 0.6) is 0 Å². The van der Waals surface area contributed by atoms with Crippen molar-refractivity contribution in [3.63, 3.8) is 0 Å². The molecule has 8 nitrogen and oxygen atoms in total. The first-order valence-corrected chi connectivity index (χ1v) is 11.9. The van der Waals surface area contributed by atoms with Crippen LogP contribution in [0.3, 0.4) is 0 Å². The number of halogens is 3. The molecule has 0 radical (unpaired) electrons. The molecular formula is C25H28F3N5O3. The molecule has 1 fully saturated rings. The lowest BCUT2D eigenvalue weighted by molar-refractivity contribution is -0.194. The van der Waals surface area contributed by atoms with Crippen LogP contribution in [-0.2, 0) is 0 Å². The van der Waals surface area contributed by atoms with E-state index in [-0.39, 0.29) is 29.3 Å². The van der Waals surface area contributed by atoms with Gasteiger partial charge in [0.1, 0.15) is 11.2 Å². The van der Waals surface area contributed by atoms with Crippen LogP contribution in [0.2, 0.25) is 0 Å². The largest absolute Gasteiger partial charge is 0.431 e. The quantitative estimate of drug-likeness (QED) is 0.376. The summed E-state index contributed by atoms with van der Waals surface area (Å²) in [4.78, 5) is 29.2. The average molecular weight is 504 g/mol.